The number of nitrogens with one attached hydrogen (secondary N) is 1. The number of carbonyl (C=O) groups excluding carboxylic acids is 1. The number of hydrogen-bond acceptors (Lipinski definition) is 3. The number of nitrogens with zero attached hydrogens (tertiary/aromatic N) is 1. The Balaban J connectivity index is 1.91. The molecule has 2 aliphatic heterocycles. The van der Waals surface area contributed by atoms with Gasteiger partial charge in [0.2, 0.25) is 5.91 Å². The Bertz CT molecular complexity index is 505. The minimum Gasteiger partial charge on any atom is -0.365 e. The van der Waals surface area contributed by atoms with E-state index in [2.05, 4.69) is 10.2 Å². The Hall–Kier alpha value is -1.26. The van der Waals surface area contributed by atoms with Crippen LogP contribution in [0.3, 0.4) is 0 Å². The van der Waals surface area contributed by atoms with Gasteiger partial charge in [-0.25, -0.2) is 0 Å². The topological polar surface area (TPSA) is 58.4 Å². The highest BCUT2D eigenvalue weighted by Gasteiger charge is 2.41. The van der Waals surface area contributed by atoms with E-state index < -0.39 is 0 Å². The standard InChI is InChI=1S/C14H18ClN3O/c15-11-6-9(7-16)3-4-12(11)18-5-1-2-10-13(18)8-17-14(10)19/h3-4,6,10,13H,1-2,5,7-8,16H2,(H,17,19). The maximum Gasteiger partial charge on any atom is 0.225 e. The second kappa shape index (κ2) is 5.02. The number of fused-ring (bicyclic) bond motifs is 1. The average Bonchev–Trinajstić information content (AvgIpc) is 2.81. The number of piperidine rings is 1. The van der Waals surface area contributed by atoms with Crippen LogP contribution in [-0.2, 0) is 11.3 Å². The maximum atomic E-state index is 11.8. The summed E-state index contributed by atoms with van der Waals surface area (Å²) in [5.41, 5.74) is 7.67. The molecule has 2 heterocycles. The van der Waals surface area contributed by atoms with Crippen molar-refractivity contribution < 1.29 is 4.79 Å². The van der Waals surface area contributed by atoms with E-state index in [9.17, 15) is 4.79 Å². The fraction of sp³-hybridized carbons (Fsp3) is 0.500. The van der Waals surface area contributed by atoms with Crippen LogP contribution in [0.2, 0.25) is 5.02 Å². The van der Waals surface area contributed by atoms with Crippen molar-refractivity contribution in [2.24, 2.45) is 11.7 Å². The summed E-state index contributed by atoms with van der Waals surface area (Å²) in [4.78, 5) is 14.1. The molecule has 2 fully saturated rings. The number of benzene rings is 1. The van der Waals surface area contributed by atoms with Gasteiger partial charge in [0.25, 0.3) is 0 Å². The molecule has 1 aromatic carbocycles. The second-order valence-electron chi connectivity index (χ2n) is 5.24. The molecule has 2 atom stereocenters. The molecular weight excluding hydrogens is 262 g/mol. The van der Waals surface area contributed by atoms with Crippen molar-refractivity contribution in [2.45, 2.75) is 25.4 Å². The van der Waals surface area contributed by atoms with Gasteiger partial charge in [-0.15, -0.1) is 0 Å². The van der Waals surface area contributed by atoms with Gasteiger partial charge in [-0.3, -0.25) is 4.79 Å². The van der Waals surface area contributed by atoms with Crippen LogP contribution >= 0.6 is 11.6 Å². The fourth-order valence-corrected chi connectivity index (χ4v) is 3.47. The molecular formula is C14H18ClN3O. The molecule has 0 aromatic heterocycles. The van der Waals surface area contributed by atoms with E-state index in [1.807, 2.05) is 18.2 Å². The van der Waals surface area contributed by atoms with Gasteiger partial charge in [0, 0.05) is 19.6 Å². The van der Waals surface area contributed by atoms with Gasteiger partial charge in [-0.1, -0.05) is 17.7 Å². The highest BCUT2D eigenvalue weighted by atomic mass is 35.5. The third-order valence-corrected chi connectivity index (χ3v) is 4.46. The molecule has 2 saturated heterocycles. The summed E-state index contributed by atoms with van der Waals surface area (Å²) in [7, 11) is 0. The second-order valence-corrected chi connectivity index (χ2v) is 5.65. The van der Waals surface area contributed by atoms with Gasteiger partial charge in [0.1, 0.15) is 0 Å². The molecule has 3 N–H and O–H groups in total. The molecule has 2 unspecified atom stereocenters. The largest absolute Gasteiger partial charge is 0.365 e. The Morgan fingerprint density at radius 3 is 3.05 bits per heavy atom. The molecule has 0 bridgehead atoms. The molecule has 0 radical (unpaired) electrons. The van der Waals surface area contributed by atoms with Crippen LogP contribution in [-0.4, -0.2) is 25.0 Å². The van der Waals surface area contributed by atoms with Crippen LogP contribution in [0.5, 0.6) is 0 Å². The van der Waals surface area contributed by atoms with E-state index in [0.717, 1.165) is 42.2 Å². The van der Waals surface area contributed by atoms with Crippen LogP contribution in [0.25, 0.3) is 0 Å². The Labute approximate surface area is 117 Å². The van der Waals surface area contributed by atoms with E-state index in [0.29, 0.717) is 6.54 Å². The van der Waals surface area contributed by atoms with E-state index in [-0.39, 0.29) is 17.9 Å². The summed E-state index contributed by atoms with van der Waals surface area (Å²) < 4.78 is 0. The highest BCUT2D eigenvalue weighted by molar-refractivity contribution is 6.33. The minimum absolute atomic E-state index is 0.110. The molecule has 4 nitrogen and oxygen atoms in total. The van der Waals surface area contributed by atoms with E-state index in [1.165, 1.54) is 0 Å². The predicted octanol–water partition coefficient (Wildman–Crippen LogP) is 1.51. The van der Waals surface area contributed by atoms with Gasteiger partial charge >= 0.3 is 0 Å². The first-order chi connectivity index (χ1) is 9.20. The fourth-order valence-electron chi connectivity index (χ4n) is 3.16. The summed E-state index contributed by atoms with van der Waals surface area (Å²) in [6.07, 6.45) is 2.01. The quantitative estimate of drug-likeness (QED) is 0.863. The molecule has 5 heteroatoms. The molecule has 0 saturated carbocycles. The van der Waals surface area contributed by atoms with Crippen molar-refractivity contribution in [1.29, 1.82) is 0 Å². The molecule has 102 valence electrons. The third kappa shape index (κ3) is 2.19. The predicted molar refractivity (Wildman–Crippen MR) is 76.2 cm³/mol. The first-order valence-corrected chi connectivity index (χ1v) is 7.11. The van der Waals surface area contributed by atoms with Crippen molar-refractivity contribution in [1.82, 2.24) is 5.32 Å². The van der Waals surface area contributed by atoms with Crippen molar-refractivity contribution in [2.75, 3.05) is 18.0 Å². The number of amides is 1. The van der Waals surface area contributed by atoms with Crippen LogP contribution in [0.1, 0.15) is 18.4 Å². The SMILES string of the molecule is NCc1ccc(N2CCCC3C(=O)NCC32)c(Cl)c1. The molecule has 0 spiro atoms. The lowest BCUT2D eigenvalue weighted by Crippen LogP contribution is -2.45. The Morgan fingerprint density at radius 1 is 1.47 bits per heavy atom. The minimum atomic E-state index is 0.110. The maximum absolute atomic E-state index is 11.8. The van der Waals surface area contributed by atoms with Gasteiger partial charge in [-0.05, 0) is 30.5 Å². The van der Waals surface area contributed by atoms with Crippen molar-refractivity contribution in [3.8, 4) is 0 Å². The molecule has 0 aliphatic carbocycles. The Morgan fingerprint density at radius 2 is 2.32 bits per heavy atom. The van der Waals surface area contributed by atoms with Crippen LogP contribution in [0.15, 0.2) is 18.2 Å². The zero-order valence-corrected chi connectivity index (χ0v) is 11.5. The summed E-state index contributed by atoms with van der Waals surface area (Å²) >= 11 is 6.37. The first kappa shape index (κ1) is 12.8. The molecule has 19 heavy (non-hydrogen) atoms. The molecule has 3 rings (SSSR count). The Kier molecular flexibility index (Phi) is 3.37. The van der Waals surface area contributed by atoms with Crippen LogP contribution < -0.4 is 16.0 Å². The summed E-state index contributed by atoms with van der Waals surface area (Å²) in [6.45, 7) is 2.17. The lowest BCUT2D eigenvalue weighted by atomic mass is 9.91. The molecule has 1 amide bonds. The van der Waals surface area contributed by atoms with Gasteiger partial charge in [0.05, 0.1) is 22.7 Å². The first-order valence-electron chi connectivity index (χ1n) is 6.73. The lowest BCUT2D eigenvalue weighted by Gasteiger charge is -2.38. The van der Waals surface area contributed by atoms with E-state index in [4.69, 9.17) is 17.3 Å². The van der Waals surface area contributed by atoms with Crippen LogP contribution in [0.4, 0.5) is 5.69 Å². The normalized spacial score (nSPS) is 26.2. The number of anilines is 1. The smallest absolute Gasteiger partial charge is 0.225 e. The summed E-state index contributed by atoms with van der Waals surface area (Å²) in [5.74, 6) is 0.295. The number of carbonyl (C=O) groups is 1. The monoisotopic (exact) mass is 279 g/mol. The number of hydrogen-bond donors (Lipinski definition) is 2. The zero-order chi connectivity index (χ0) is 13.4. The molecule has 1 aromatic rings. The van der Waals surface area contributed by atoms with Crippen LogP contribution in [0, 0.1) is 5.92 Å². The van der Waals surface area contributed by atoms with Gasteiger partial charge < -0.3 is 16.0 Å². The number of nitrogens with two attached hydrogens (primary N) is 1. The van der Waals surface area contributed by atoms with Crippen molar-refractivity contribution in [3.05, 3.63) is 28.8 Å². The lowest BCUT2D eigenvalue weighted by molar-refractivity contribution is -0.122. The third-order valence-electron chi connectivity index (χ3n) is 4.16. The number of rotatable bonds is 2. The average molecular weight is 280 g/mol. The summed E-state index contributed by atoms with van der Waals surface area (Å²) in [6, 6.07) is 6.19. The molecule has 2 aliphatic rings. The van der Waals surface area contributed by atoms with Crippen molar-refractivity contribution >= 4 is 23.2 Å². The summed E-state index contributed by atoms with van der Waals surface area (Å²) in [5, 5.41) is 3.68. The van der Waals surface area contributed by atoms with Gasteiger partial charge in [-0.2, -0.15) is 0 Å². The van der Waals surface area contributed by atoms with Crippen molar-refractivity contribution in [3.63, 3.8) is 0 Å². The number of halogens is 1. The zero-order valence-electron chi connectivity index (χ0n) is 10.7. The van der Waals surface area contributed by atoms with Gasteiger partial charge in [0.15, 0.2) is 0 Å². The van der Waals surface area contributed by atoms with E-state index in [1.54, 1.807) is 0 Å². The highest BCUT2D eigenvalue weighted by Crippen LogP contribution is 2.35. The van der Waals surface area contributed by atoms with E-state index >= 15 is 0 Å².